The van der Waals surface area contributed by atoms with Crippen molar-refractivity contribution in [2.75, 3.05) is 0 Å². The molecule has 0 unspecified atom stereocenters. The van der Waals surface area contributed by atoms with E-state index in [0.717, 1.165) is 0 Å². The molecule has 0 radical (unpaired) electrons. The van der Waals surface area contributed by atoms with Crippen LogP contribution in [0.4, 0.5) is 0 Å². The standard InChI is InChI=1S/C7H11NO2S/c1-3-7(4-2)5(9)8-6(11)10-7/h3-4H2,1-2H3,(H,8,9,11). The summed E-state index contributed by atoms with van der Waals surface area (Å²) in [7, 11) is 0. The zero-order valence-electron chi connectivity index (χ0n) is 6.63. The van der Waals surface area contributed by atoms with E-state index in [2.05, 4.69) is 17.6 Å². The van der Waals surface area contributed by atoms with Crippen molar-refractivity contribution in [2.45, 2.75) is 32.3 Å². The van der Waals surface area contributed by atoms with Crippen LogP contribution < -0.4 is 0 Å². The van der Waals surface area contributed by atoms with Crippen LogP contribution in [0.15, 0.2) is 4.99 Å². The van der Waals surface area contributed by atoms with Gasteiger partial charge in [-0.2, -0.15) is 4.99 Å². The largest absolute Gasteiger partial charge is 0.456 e. The first-order chi connectivity index (χ1) is 5.14. The molecule has 0 saturated heterocycles. The molecule has 1 rings (SSSR count). The summed E-state index contributed by atoms with van der Waals surface area (Å²) in [5.74, 6) is -0.201. The summed E-state index contributed by atoms with van der Waals surface area (Å²) in [6.07, 6.45) is 1.30. The predicted octanol–water partition coefficient (Wildman–Crippen LogP) is 1.39. The number of aliphatic imine (C=N–C) groups is 1. The molecule has 62 valence electrons. The molecule has 0 spiro atoms. The first-order valence-corrected chi connectivity index (χ1v) is 4.10. The van der Waals surface area contributed by atoms with Crippen molar-refractivity contribution in [3.63, 3.8) is 0 Å². The van der Waals surface area contributed by atoms with Gasteiger partial charge in [-0.3, -0.25) is 4.79 Å². The van der Waals surface area contributed by atoms with Crippen LogP contribution in [0, 0.1) is 0 Å². The molecule has 0 atom stereocenters. The molecule has 0 saturated carbocycles. The monoisotopic (exact) mass is 173 g/mol. The zero-order valence-corrected chi connectivity index (χ0v) is 7.52. The van der Waals surface area contributed by atoms with Gasteiger partial charge >= 0.3 is 0 Å². The third kappa shape index (κ3) is 1.27. The molecule has 0 bridgehead atoms. The second-order valence-corrected chi connectivity index (χ2v) is 2.89. The summed E-state index contributed by atoms with van der Waals surface area (Å²) >= 11 is 3.88. The number of nitrogens with zero attached hydrogens (tertiary/aromatic N) is 1. The molecular weight excluding hydrogens is 162 g/mol. The van der Waals surface area contributed by atoms with Gasteiger partial charge in [-0.25, -0.2) is 0 Å². The van der Waals surface area contributed by atoms with Crippen molar-refractivity contribution in [3.8, 4) is 0 Å². The van der Waals surface area contributed by atoms with Crippen LogP contribution in [0.3, 0.4) is 0 Å². The van der Waals surface area contributed by atoms with Gasteiger partial charge in [0.1, 0.15) is 0 Å². The Morgan fingerprint density at radius 1 is 1.55 bits per heavy atom. The highest BCUT2D eigenvalue weighted by Gasteiger charge is 2.42. The minimum Gasteiger partial charge on any atom is -0.456 e. The third-order valence-electron chi connectivity index (χ3n) is 2.02. The summed E-state index contributed by atoms with van der Waals surface area (Å²) in [6, 6.07) is 0. The number of ether oxygens (including phenoxy) is 1. The Morgan fingerprint density at radius 3 is 2.27 bits per heavy atom. The van der Waals surface area contributed by atoms with Crippen molar-refractivity contribution >= 4 is 23.8 Å². The molecule has 0 fully saturated rings. The van der Waals surface area contributed by atoms with E-state index < -0.39 is 5.60 Å². The summed E-state index contributed by atoms with van der Waals surface area (Å²) in [6.45, 7) is 3.81. The van der Waals surface area contributed by atoms with Crippen molar-refractivity contribution in [1.29, 1.82) is 0 Å². The Bertz CT molecular complexity index is 208. The van der Waals surface area contributed by atoms with Crippen molar-refractivity contribution in [3.05, 3.63) is 0 Å². The van der Waals surface area contributed by atoms with Crippen LogP contribution in [-0.4, -0.2) is 16.7 Å². The summed E-state index contributed by atoms with van der Waals surface area (Å²) in [5.41, 5.74) is -0.711. The number of hydrogen-bond acceptors (Lipinski definition) is 2. The van der Waals surface area contributed by atoms with Gasteiger partial charge in [0.05, 0.1) is 0 Å². The maximum absolute atomic E-state index is 11.2. The molecule has 1 aliphatic rings. The van der Waals surface area contributed by atoms with E-state index in [1.165, 1.54) is 0 Å². The van der Waals surface area contributed by atoms with Crippen molar-refractivity contribution in [2.24, 2.45) is 4.99 Å². The number of hydrogen-bond donors (Lipinski definition) is 1. The lowest BCUT2D eigenvalue weighted by Crippen LogP contribution is -2.35. The minimum absolute atomic E-state index is 0.193. The topological polar surface area (TPSA) is 38.7 Å². The zero-order chi connectivity index (χ0) is 8.48. The van der Waals surface area contributed by atoms with E-state index in [-0.39, 0.29) is 11.1 Å². The molecule has 0 aromatic rings. The lowest BCUT2D eigenvalue weighted by Gasteiger charge is -2.21. The quantitative estimate of drug-likeness (QED) is 0.641. The van der Waals surface area contributed by atoms with Crippen molar-refractivity contribution in [1.82, 2.24) is 0 Å². The SMILES string of the molecule is CCC1(CC)OC(S)=NC1=O. The fourth-order valence-corrected chi connectivity index (χ4v) is 1.39. The molecule has 3 nitrogen and oxygen atoms in total. The van der Waals surface area contributed by atoms with Crippen molar-refractivity contribution < 1.29 is 9.53 Å². The highest BCUT2D eigenvalue weighted by atomic mass is 32.1. The van der Waals surface area contributed by atoms with E-state index in [1.807, 2.05) is 13.8 Å². The molecule has 11 heavy (non-hydrogen) atoms. The maximum Gasteiger partial charge on any atom is 0.293 e. The van der Waals surface area contributed by atoms with Crippen LogP contribution in [-0.2, 0) is 9.53 Å². The average molecular weight is 173 g/mol. The van der Waals surface area contributed by atoms with E-state index in [9.17, 15) is 4.79 Å². The first-order valence-electron chi connectivity index (χ1n) is 3.65. The number of rotatable bonds is 2. The molecular formula is C7H11NO2S. The van der Waals surface area contributed by atoms with E-state index >= 15 is 0 Å². The van der Waals surface area contributed by atoms with Gasteiger partial charge in [-0.05, 0) is 12.8 Å². The summed E-state index contributed by atoms with van der Waals surface area (Å²) in [5, 5.41) is 0.193. The molecule has 1 aliphatic heterocycles. The van der Waals surface area contributed by atoms with Crippen LogP contribution in [0.5, 0.6) is 0 Å². The van der Waals surface area contributed by atoms with Crippen LogP contribution >= 0.6 is 12.6 Å². The van der Waals surface area contributed by atoms with Gasteiger partial charge < -0.3 is 4.74 Å². The maximum atomic E-state index is 11.2. The third-order valence-corrected chi connectivity index (χ3v) is 2.21. The van der Waals surface area contributed by atoms with Gasteiger partial charge in [0, 0.05) is 0 Å². The first kappa shape index (κ1) is 8.59. The Balaban J connectivity index is 2.84. The Morgan fingerprint density at radius 2 is 2.09 bits per heavy atom. The Kier molecular flexibility index (Phi) is 2.23. The smallest absolute Gasteiger partial charge is 0.293 e. The molecule has 0 N–H and O–H groups in total. The highest BCUT2D eigenvalue weighted by molar-refractivity contribution is 7.96. The molecule has 1 heterocycles. The van der Waals surface area contributed by atoms with E-state index in [4.69, 9.17) is 4.74 Å². The summed E-state index contributed by atoms with van der Waals surface area (Å²) in [4.78, 5) is 14.8. The molecule has 1 amide bonds. The molecule has 0 aromatic carbocycles. The Hall–Kier alpha value is -0.510. The van der Waals surface area contributed by atoms with Gasteiger partial charge in [-0.15, -0.1) is 0 Å². The molecule has 0 aliphatic carbocycles. The second-order valence-electron chi connectivity index (χ2n) is 2.50. The highest BCUT2D eigenvalue weighted by Crippen LogP contribution is 2.28. The molecule has 0 aromatic heterocycles. The Labute approximate surface area is 71.2 Å². The normalized spacial score (nSPS) is 21.4. The minimum atomic E-state index is -0.711. The second kappa shape index (κ2) is 2.85. The van der Waals surface area contributed by atoms with Gasteiger partial charge in [0.25, 0.3) is 11.1 Å². The van der Waals surface area contributed by atoms with E-state index in [1.54, 1.807) is 0 Å². The fraction of sp³-hybridized carbons (Fsp3) is 0.714. The van der Waals surface area contributed by atoms with Crippen LogP contribution in [0.1, 0.15) is 26.7 Å². The van der Waals surface area contributed by atoms with Gasteiger partial charge in [0.2, 0.25) is 0 Å². The number of thiol groups is 1. The van der Waals surface area contributed by atoms with Gasteiger partial charge in [0.15, 0.2) is 5.60 Å². The number of carbonyl (C=O) groups excluding carboxylic acids is 1. The van der Waals surface area contributed by atoms with Crippen LogP contribution in [0.2, 0.25) is 0 Å². The predicted molar refractivity (Wildman–Crippen MR) is 45.8 cm³/mol. The van der Waals surface area contributed by atoms with Gasteiger partial charge in [-0.1, -0.05) is 26.5 Å². The lowest BCUT2D eigenvalue weighted by atomic mass is 9.97. The van der Waals surface area contributed by atoms with Crippen LogP contribution in [0.25, 0.3) is 0 Å². The fourth-order valence-electron chi connectivity index (χ4n) is 1.13. The lowest BCUT2D eigenvalue weighted by molar-refractivity contribution is -0.131. The number of carbonyl (C=O) groups is 1. The summed E-state index contributed by atoms with van der Waals surface area (Å²) < 4.78 is 5.22. The number of amides is 1. The average Bonchev–Trinajstić information content (AvgIpc) is 2.27. The molecule has 4 heteroatoms. The van der Waals surface area contributed by atoms with E-state index in [0.29, 0.717) is 12.8 Å².